The topological polar surface area (TPSA) is 17.1 Å². The summed E-state index contributed by atoms with van der Waals surface area (Å²) in [5.41, 5.74) is 1.71. The van der Waals surface area contributed by atoms with Crippen LogP contribution < -0.4 is 0 Å². The van der Waals surface area contributed by atoms with Crippen LogP contribution in [0.3, 0.4) is 0 Å². The Morgan fingerprint density at radius 1 is 1.16 bits per heavy atom. The zero-order chi connectivity index (χ0) is 14.0. The Morgan fingerprint density at radius 2 is 1.89 bits per heavy atom. The second kappa shape index (κ2) is 5.61. The zero-order valence-electron chi connectivity index (χ0n) is 10.2. The largest absolute Gasteiger partial charge is 0.294 e. The lowest BCUT2D eigenvalue weighted by Crippen LogP contribution is -2.06. The van der Waals surface area contributed by atoms with Crippen molar-refractivity contribution in [3.05, 3.63) is 69.2 Å². The van der Waals surface area contributed by atoms with E-state index in [4.69, 9.17) is 0 Å². The summed E-state index contributed by atoms with van der Waals surface area (Å²) in [7, 11) is 0. The smallest absolute Gasteiger partial charge is 0.168 e. The van der Waals surface area contributed by atoms with Crippen LogP contribution in [-0.2, 0) is 6.42 Å². The number of hydrogen-bond acceptors (Lipinski definition) is 1. The summed E-state index contributed by atoms with van der Waals surface area (Å²) >= 11 is 3.32. The van der Waals surface area contributed by atoms with Gasteiger partial charge in [0.2, 0.25) is 0 Å². The molecule has 4 heteroatoms. The number of carbonyl (C=O) groups is 1. The van der Waals surface area contributed by atoms with Crippen LogP contribution in [0.5, 0.6) is 0 Å². The molecule has 19 heavy (non-hydrogen) atoms. The van der Waals surface area contributed by atoms with Crippen molar-refractivity contribution < 1.29 is 13.6 Å². The monoisotopic (exact) mass is 324 g/mol. The maximum Gasteiger partial charge on any atom is 0.168 e. The Kier molecular flexibility index (Phi) is 4.10. The normalized spacial score (nSPS) is 10.5. The van der Waals surface area contributed by atoms with Crippen molar-refractivity contribution in [3.63, 3.8) is 0 Å². The van der Waals surface area contributed by atoms with Crippen molar-refractivity contribution in [2.45, 2.75) is 13.3 Å². The fraction of sp³-hybridized carbons (Fsp3) is 0.133. The molecule has 0 bridgehead atoms. The number of ketones is 1. The predicted octanol–water partition coefficient (Wildman–Crippen LogP) is 4.46. The Hall–Kier alpha value is -1.55. The van der Waals surface area contributed by atoms with E-state index in [-0.39, 0.29) is 17.8 Å². The first-order valence-corrected chi connectivity index (χ1v) is 6.50. The molecule has 0 saturated carbocycles. The van der Waals surface area contributed by atoms with E-state index >= 15 is 0 Å². The van der Waals surface area contributed by atoms with Crippen LogP contribution in [0.25, 0.3) is 0 Å². The Morgan fingerprint density at radius 3 is 2.53 bits per heavy atom. The third-order valence-corrected chi connectivity index (χ3v) is 3.45. The Labute approximate surface area is 118 Å². The molecule has 0 fully saturated rings. The molecule has 2 aromatic carbocycles. The van der Waals surface area contributed by atoms with Crippen LogP contribution in [-0.4, -0.2) is 5.78 Å². The Balaban J connectivity index is 2.25. The second-order valence-electron chi connectivity index (χ2n) is 4.32. The second-order valence-corrected chi connectivity index (χ2v) is 5.17. The van der Waals surface area contributed by atoms with Crippen molar-refractivity contribution in [2.24, 2.45) is 0 Å². The summed E-state index contributed by atoms with van der Waals surface area (Å²) in [4.78, 5) is 12.1. The van der Waals surface area contributed by atoms with Gasteiger partial charge in [-0.05, 0) is 36.2 Å². The van der Waals surface area contributed by atoms with Gasteiger partial charge in [0.15, 0.2) is 5.78 Å². The molecule has 0 unspecified atom stereocenters. The molecule has 1 nitrogen and oxygen atoms in total. The SMILES string of the molecule is Cc1ccc(C(=O)Cc2ccc(F)cc2F)c(Br)c1. The molecule has 0 amide bonds. The molecule has 0 aliphatic rings. The van der Waals surface area contributed by atoms with E-state index in [2.05, 4.69) is 15.9 Å². The Bertz CT molecular complexity index is 638. The number of hydrogen-bond donors (Lipinski definition) is 0. The number of rotatable bonds is 3. The first-order chi connectivity index (χ1) is 8.97. The number of aryl methyl sites for hydroxylation is 1. The molecule has 0 spiro atoms. The minimum Gasteiger partial charge on any atom is -0.294 e. The number of Topliss-reactive ketones (excluding diaryl/α,β-unsaturated/α-hetero) is 1. The van der Waals surface area contributed by atoms with E-state index in [1.54, 1.807) is 6.07 Å². The molecule has 2 aromatic rings. The van der Waals surface area contributed by atoms with Crippen LogP contribution in [0.2, 0.25) is 0 Å². The lowest BCUT2D eigenvalue weighted by Gasteiger charge is -2.06. The highest BCUT2D eigenvalue weighted by Gasteiger charge is 2.13. The van der Waals surface area contributed by atoms with Gasteiger partial charge in [0.05, 0.1) is 0 Å². The van der Waals surface area contributed by atoms with Gasteiger partial charge in [-0.25, -0.2) is 8.78 Å². The molecule has 0 radical (unpaired) electrons. The van der Waals surface area contributed by atoms with Crippen molar-refractivity contribution in [3.8, 4) is 0 Å². The quantitative estimate of drug-likeness (QED) is 0.762. The van der Waals surface area contributed by atoms with Crippen molar-refractivity contribution >= 4 is 21.7 Å². The van der Waals surface area contributed by atoms with E-state index in [0.717, 1.165) is 17.7 Å². The number of carbonyl (C=O) groups excluding carboxylic acids is 1. The summed E-state index contributed by atoms with van der Waals surface area (Å²) < 4.78 is 27.0. The summed E-state index contributed by atoms with van der Waals surface area (Å²) in [6.07, 6.45) is -0.0895. The molecule has 0 aliphatic carbocycles. The third-order valence-electron chi connectivity index (χ3n) is 2.79. The highest BCUT2D eigenvalue weighted by Crippen LogP contribution is 2.21. The molecule has 0 saturated heterocycles. The van der Waals surface area contributed by atoms with E-state index in [0.29, 0.717) is 10.0 Å². The summed E-state index contributed by atoms with van der Waals surface area (Å²) in [5, 5.41) is 0. The lowest BCUT2D eigenvalue weighted by molar-refractivity contribution is 0.0991. The molecule has 98 valence electrons. The van der Waals surface area contributed by atoms with Gasteiger partial charge >= 0.3 is 0 Å². The minimum absolute atomic E-state index is 0.0895. The average molecular weight is 325 g/mol. The summed E-state index contributed by atoms with van der Waals surface area (Å²) in [5.74, 6) is -1.56. The molecule has 0 aromatic heterocycles. The van der Waals surface area contributed by atoms with E-state index in [1.165, 1.54) is 6.07 Å². The van der Waals surface area contributed by atoms with Gasteiger partial charge in [-0.2, -0.15) is 0 Å². The van der Waals surface area contributed by atoms with Crippen LogP contribution in [0.1, 0.15) is 21.5 Å². The predicted molar refractivity (Wildman–Crippen MR) is 73.3 cm³/mol. The van der Waals surface area contributed by atoms with Crippen LogP contribution in [0, 0.1) is 18.6 Å². The summed E-state index contributed by atoms with van der Waals surface area (Å²) in [6, 6.07) is 8.57. The maximum atomic E-state index is 13.5. The maximum absolute atomic E-state index is 13.5. The molecular formula is C15H11BrF2O. The van der Waals surface area contributed by atoms with E-state index < -0.39 is 11.6 Å². The molecule has 0 heterocycles. The minimum atomic E-state index is -0.698. The zero-order valence-corrected chi connectivity index (χ0v) is 11.8. The molecule has 0 atom stereocenters. The highest BCUT2D eigenvalue weighted by molar-refractivity contribution is 9.10. The van der Waals surface area contributed by atoms with E-state index in [9.17, 15) is 13.6 Å². The van der Waals surface area contributed by atoms with Crippen LogP contribution >= 0.6 is 15.9 Å². The van der Waals surface area contributed by atoms with Gasteiger partial charge in [0.25, 0.3) is 0 Å². The summed E-state index contributed by atoms with van der Waals surface area (Å²) in [6.45, 7) is 1.92. The molecule has 2 rings (SSSR count). The lowest BCUT2D eigenvalue weighted by atomic mass is 10.0. The van der Waals surface area contributed by atoms with Gasteiger partial charge in [-0.3, -0.25) is 4.79 Å². The number of benzene rings is 2. The highest BCUT2D eigenvalue weighted by atomic mass is 79.9. The van der Waals surface area contributed by atoms with Crippen LogP contribution in [0.15, 0.2) is 40.9 Å². The van der Waals surface area contributed by atoms with Crippen molar-refractivity contribution in [1.29, 1.82) is 0 Å². The molecule has 0 aliphatic heterocycles. The first-order valence-electron chi connectivity index (χ1n) is 5.70. The van der Waals surface area contributed by atoms with Gasteiger partial charge in [-0.1, -0.05) is 28.1 Å². The fourth-order valence-corrected chi connectivity index (χ4v) is 2.49. The third kappa shape index (κ3) is 3.26. The van der Waals surface area contributed by atoms with Gasteiger partial charge in [0, 0.05) is 22.5 Å². The van der Waals surface area contributed by atoms with Gasteiger partial charge < -0.3 is 0 Å². The van der Waals surface area contributed by atoms with Gasteiger partial charge in [-0.15, -0.1) is 0 Å². The van der Waals surface area contributed by atoms with Crippen LogP contribution in [0.4, 0.5) is 8.78 Å². The first kappa shape index (κ1) is 13.9. The average Bonchev–Trinajstić information content (AvgIpc) is 2.32. The fourth-order valence-electron chi connectivity index (χ4n) is 1.78. The van der Waals surface area contributed by atoms with E-state index in [1.807, 2.05) is 19.1 Å². The number of halogens is 3. The molecular weight excluding hydrogens is 314 g/mol. The van der Waals surface area contributed by atoms with Crippen molar-refractivity contribution in [2.75, 3.05) is 0 Å². The molecule has 0 N–H and O–H groups in total. The van der Waals surface area contributed by atoms with Crippen molar-refractivity contribution in [1.82, 2.24) is 0 Å². The standard InChI is InChI=1S/C15H11BrF2O/c1-9-2-5-12(13(16)6-9)15(19)7-10-3-4-11(17)8-14(10)18/h2-6,8H,7H2,1H3. The van der Waals surface area contributed by atoms with Gasteiger partial charge in [0.1, 0.15) is 11.6 Å².